The van der Waals surface area contributed by atoms with Crippen LogP contribution in [0.3, 0.4) is 0 Å². The molecule has 1 heterocycles. The molecule has 4 rings (SSSR count). The minimum absolute atomic E-state index is 0.315. The molecule has 138 valence electrons. The van der Waals surface area contributed by atoms with Crippen LogP contribution in [0.1, 0.15) is 11.1 Å². The molecule has 0 saturated carbocycles. The Balaban J connectivity index is 1.50. The lowest BCUT2D eigenvalue weighted by atomic mass is 10.1. The summed E-state index contributed by atoms with van der Waals surface area (Å²) in [7, 11) is 1.65. The highest BCUT2D eigenvalue weighted by Crippen LogP contribution is 2.24. The fourth-order valence-corrected chi connectivity index (χ4v) is 2.85. The Morgan fingerprint density at radius 1 is 0.857 bits per heavy atom. The van der Waals surface area contributed by atoms with Crippen LogP contribution in [-0.2, 0) is 0 Å². The maximum absolute atomic E-state index is 13.6. The van der Waals surface area contributed by atoms with E-state index in [2.05, 4.69) is 15.3 Å². The second kappa shape index (κ2) is 7.88. The number of nitrogens with zero attached hydrogens (tertiary/aromatic N) is 2. The van der Waals surface area contributed by atoms with Gasteiger partial charge in [-0.1, -0.05) is 36.4 Å². The molecule has 0 amide bonds. The zero-order chi connectivity index (χ0) is 19.3. The number of methoxy groups -OCH3 is 1. The van der Waals surface area contributed by atoms with Crippen LogP contribution in [-0.4, -0.2) is 17.1 Å². The third-order valence-corrected chi connectivity index (χ3v) is 4.35. The molecule has 0 atom stereocenters. The van der Waals surface area contributed by atoms with E-state index < -0.39 is 0 Å². The first-order valence-corrected chi connectivity index (χ1v) is 8.81. The summed E-state index contributed by atoms with van der Waals surface area (Å²) < 4.78 is 18.7. The summed E-state index contributed by atoms with van der Waals surface area (Å²) in [5, 5.41) is 3.88. The van der Waals surface area contributed by atoms with Gasteiger partial charge in [-0.15, -0.1) is 0 Å². The van der Waals surface area contributed by atoms with Gasteiger partial charge in [-0.25, -0.2) is 14.4 Å². The molecule has 0 fully saturated rings. The standard InChI is InChI=1S/C23H18FN3O/c1-28-20-11-6-17(7-12-20)3-2-16-4-9-19(10-5-16)27-23-21-14-18(24)8-13-22(21)25-15-26-23/h2-15H,1H3,(H,25,26,27)/b3-2+. The summed E-state index contributed by atoms with van der Waals surface area (Å²) in [5.74, 6) is 1.10. The normalized spacial score (nSPS) is 11.1. The van der Waals surface area contributed by atoms with Gasteiger partial charge in [0.25, 0.3) is 0 Å². The predicted molar refractivity (Wildman–Crippen MR) is 111 cm³/mol. The van der Waals surface area contributed by atoms with Crippen LogP contribution in [0.15, 0.2) is 73.1 Å². The number of aromatic nitrogens is 2. The van der Waals surface area contributed by atoms with Crippen molar-refractivity contribution in [3.8, 4) is 5.75 Å². The molecule has 0 bridgehead atoms. The van der Waals surface area contributed by atoms with Gasteiger partial charge in [0.2, 0.25) is 0 Å². The van der Waals surface area contributed by atoms with E-state index in [1.54, 1.807) is 13.2 Å². The number of fused-ring (bicyclic) bond motifs is 1. The molecule has 5 heteroatoms. The third kappa shape index (κ3) is 3.99. The van der Waals surface area contributed by atoms with Crippen LogP contribution >= 0.6 is 0 Å². The molecule has 4 nitrogen and oxygen atoms in total. The lowest BCUT2D eigenvalue weighted by Gasteiger charge is -2.08. The zero-order valence-corrected chi connectivity index (χ0v) is 15.3. The summed E-state index contributed by atoms with van der Waals surface area (Å²) >= 11 is 0. The maximum Gasteiger partial charge on any atom is 0.141 e. The monoisotopic (exact) mass is 371 g/mol. The minimum Gasteiger partial charge on any atom is -0.497 e. The van der Waals surface area contributed by atoms with E-state index >= 15 is 0 Å². The molecule has 3 aromatic carbocycles. The molecule has 0 aliphatic heterocycles. The predicted octanol–water partition coefficient (Wildman–Crippen LogP) is 5.69. The van der Waals surface area contributed by atoms with Gasteiger partial charge in [-0.05, 0) is 53.6 Å². The lowest BCUT2D eigenvalue weighted by molar-refractivity contribution is 0.415. The van der Waals surface area contributed by atoms with Crippen molar-refractivity contribution >= 4 is 34.6 Å². The van der Waals surface area contributed by atoms with Gasteiger partial charge in [0.1, 0.15) is 23.7 Å². The van der Waals surface area contributed by atoms with E-state index in [9.17, 15) is 4.39 Å². The van der Waals surface area contributed by atoms with Crippen LogP contribution in [0.4, 0.5) is 15.9 Å². The van der Waals surface area contributed by atoms with Crippen molar-refractivity contribution in [2.45, 2.75) is 0 Å². The van der Waals surface area contributed by atoms with Crippen molar-refractivity contribution in [1.82, 2.24) is 9.97 Å². The number of benzene rings is 3. The van der Waals surface area contributed by atoms with Crippen molar-refractivity contribution in [3.05, 3.63) is 90.0 Å². The van der Waals surface area contributed by atoms with E-state index in [0.717, 1.165) is 22.6 Å². The molecule has 28 heavy (non-hydrogen) atoms. The topological polar surface area (TPSA) is 47.0 Å². The second-order valence-corrected chi connectivity index (χ2v) is 6.24. The third-order valence-electron chi connectivity index (χ3n) is 4.35. The average molecular weight is 371 g/mol. The molecule has 0 spiro atoms. The number of hydrogen-bond acceptors (Lipinski definition) is 4. The zero-order valence-electron chi connectivity index (χ0n) is 15.3. The van der Waals surface area contributed by atoms with Crippen molar-refractivity contribution in [2.75, 3.05) is 12.4 Å². The maximum atomic E-state index is 13.6. The Bertz CT molecular complexity index is 1120. The van der Waals surface area contributed by atoms with Gasteiger partial charge >= 0.3 is 0 Å². The lowest BCUT2D eigenvalue weighted by Crippen LogP contribution is -1.96. The van der Waals surface area contributed by atoms with Crippen LogP contribution in [0.2, 0.25) is 0 Å². The largest absolute Gasteiger partial charge is 0.497 e. The highest BCUT2D eigenvalue weighted by molar-refractivity contribution is 5.90. The highest BCUT2D eigenvalue weighted by Gasteiger charge is 2.05. The highest BCUT2D eigenvalue weighted by atomic mass is 19.1. The molecule has 4 aromatic rings. The number of halogens is 1. The molecule has 1 aromatic heterocycles. The quantitative estimate of drug-likeness (QED) is 0.458. The molecular formula is C23H18FN3O. The molecule has 0 aliphatic rings. The number of nitrogens with one attached hydrogen (secondary N) is 1. The van der Waals surface area contributed by atoms with E-state index in [0.29, 0.717) is 16.7 Å². The molecule has 0 unspecified atom stereocenters. The first-order valence-electron chi connectivity index (χ1n) is 8.81. The van der Waals surface area contributed by atoms with Crippen LogP contribution < -0.4 is 10.1 Å². The van der Waals surface area contributed by atoms with Crippen molar-refractivity contribution < 1.29 is 9.13 Å². The van der Waals surface area contributed by atoms with E-state index in [1.165, 1.54) is 18.5 Å². The first-order chi connectivity index (χ1) is 13.7. The first kappa shape index (κ1) is 17.7. The fourth-order valence-electron chi connectivity index (χ4n) is 2.85. The summed E-state index contributed by atoms with van der Waals surface area (Å²) in [6, 6.07) is 20.3. The van der Waals surface area contributed by atoms with Gasteiger partial charge in [0.15, 0.2) is 0 Å². The number of ether oxygens (including phenoxy) is 1. The minimum atomic E-state index is -0.315. The van der Waals surface area contributed by atoms with Crippen molar-refractivity contribution in [3.63, 3.8) is 0 Å². The van der Waals surface area contributed by atoms with Gasteiger partial charge in [0.05, 0.1) is 12.6 Å². The van der Waals surface area contributed by atoms with E-state index in [-0.39, 0.29) is 5.82 Å². The summed E-state index contributed by atoms with van der Waals surface area (Å²) in [4.78, 5) is 8.41. The summed E-state index contributed by atoms with van der Waals surface area (Å²) in [5.41, 5.74) is 3.72. The summed E-state index contributed by atoms with van der Waals surface area (Å²) in [6.45, 7) is 0. The smallest absolute Gasteiger partial charge is 0.141 e. The molecule has 0 radical (unpaired) electrons. The number of rotatable bonds is 5. The molecule has 0 saturated heterocycles. The fraction of sp³-hybridized carbons (Fsp3) is 0.0435. The molecular weight excluding hydrogens is 353 g/mol. The molecule has 0 aliphatic carbocycles. The van der Waals surface area contributed by atoms with Gasteiger partial charge in [-0.3, -0.25) is 0 Å². The van der Waals surface area contributed by atoms with Gasteiger partial charge < -0.3 is 10.1 Å². The van der Waals surface area contributed by atoms with Crippen molar-refractivity contribution in [1.29, 1.82) is 0 Å². The van der Waals surface area contributed by atoms with E-state index in [1.807, 2.05) is 60.7 Å². The Labute approximate surface area is 162 Å². The van der Waals surface area contributed by atoms with Gasteiger partial charge in [0, 0.05) is 11.1 Å². The Kier molecular flexibility index (Phi) is 4.97. The van der Waals surface area contributed by atoms with Crippen LogP contribution in [0.25, 0.3) is 23.1 Å². The Hall–Kier alpha value is -3.73. The Morgan fingerprint density at radius 2 is 1.54 bits per heavy atom. The number of hydrogen-bond donors (Lipinski definition) is 1. The summed E-state index contributed by atoms with van der Waals surface area (Å²) in [6.07, 6.45) is 5.55. The van der Waals surface area contributed by atoms with Crippen molar-refractivity contribution in [2.24, 2.45) is 0 Å². The average Bonchev–Trinajstić information content (AvgIpc) is 2.74. The molecule has 1 N–H and O–H groups in total. The van der Waals surface area contributed by atoms with Crippen LogP contribution in [0.5, 0.6) is 5.75 Å². The second-order valence-electron chi connectivity index (χ2n) is 6.24. The Morgan fingerprint density at radius 3 is 2.21 bits per heavy atom. The van der Waals surface area contributed by atoms with Crippen LogP contribution in [0, 0.1) is 5.82 Å². The number of anilines is 2. The SMILES string of the molecule is COc1ccc(/C=C/c2ccc(Nc3ncnc4ccc(F)cc34)cc2)cc1. The van der Waals surface area contributed by atoms with Gasteiger partial charge in [-0.2, -0.15) is 0 Å². The van der Waals surface area contributed by atoms with E-state index in [4.69, 9.17) is 4.74 Å².